The predicted molar refractivity (Wildman–Crippen MR) is 57.2 cm³/mol. The van der Waals surface area contributed by atoms with E-state index in [1.807, 2.05) is 6.07 Å². The molecule has 0 atom stereocenters. The van der Waals surface area contributed by atoms with Gasteiger partial charge in [-0.2, -0.15) is 5.10 Å². The van der Waals surface area contributed by atoms with E-state index in [0.717, 1.165) is 11.4 Å². The average Bonchev–Trinajstić information content (AvgIpc) is 3.03. The number of nitrogens with one attached hydrogen (secondary N) is 2. The van der Waals surface area contributed by atoms with Crippen molar-refractivity contribution in [2.45, 2.75) is 0 Å². The van der Waals surface area contributed by atoms with Crippen LogP contribution in [0.2, 0.25) is 0 Å². The Kier molecular flexibility index (Phi) is 1.96. The van der Waals surface area contributed by atoms with Gasteiger partial charge in [0.2, 0.25) is 0 Å². The van der Waals surface area contributed by atoms with Gasteiger partial charge in [-0.05, 0) is 6.07 Å². The number of imidazole rings is 1. The lowest BCUT2D eigenvalue weighted by Gasteiger charge is -1.99. The molecule has 0 saturated carbocycles. The van der Waals surface area contributed by atoms with E-state index in [4.69, 9.17) is 0 Å². The van der Waals surface area contributed by atoms with Crippen molar-refractivity contribution in [3.05, 3.63) is 37.1 Å². The maximum absolute atomic E-state index is 4.43. The van der Waals surface area contributed by atoms with Crippen molar-refractivity contribution in [2.24, 2.45) is 0 Å². The van der Waals surface area contributed by atoms with E-state index in [1.54, 1.807) is 31.0 Å². The lowest BCUT2D eigenvalue weighted by Crippen LogP contribution is -1.91. The minimum atomic E-state index is 0.703. The van der Waals surface area contributed by atoms with Crippen LogP contribution in [0.5, 0.6) is 0 Å². The molecule has 0 aromatic carbocycles. The molecule has 0 bridgehead atoms. The minimum Gasteiger partial charge on any atom is -0.343 e. The average molecular weight is 212 g/mol. The Morgan fingerprint density at radius 3 is 2.75 bits per heavy atom. The fourth-order valence-electron chi connectivity index (χ4n) is 1.41. The van der Waals surface area contributed by atoms with Crippen molar-refractivity contribution in [3.8, 4) is 22.9 Å². The summed E-state index contributed by atoms with van der Waals surface area (Å²) >= 11 is 0. The predicted octanol–water partition coefficient (Wildman–Crippen LogP) is 1.26. The zero-order valence-corrected chi connectivity index (χ0v) is 8.25. The van der Waals surface area contributed by atoms with Crippen LogP contribution >= 0.6 is 0 Å². The maximum atomic E-state index is 4.43. The van der Waals surface area contributed by atoms with Gasteiger partial charge in [0.1, 0.15) is 11.4 Å². The van der Waals surface area contributed by atoms with Gasteiger partial charge < -0.3 is 4.98 Å². The molecule has 6 nitrogen and oxygen atoms in total. The topological polar surface area (TPSA) is 83.1 Å². The molecule has 78 valence electrons. The van der Waals surface area contributed by atoms with E-state index >= 15 is 0 Å². The zero-order valence-electron chi connectivity index (χ0n) is 8.25. The number of H-pyrrole nitrogens is 2. The molecule has 3 aromatic rings. The largest absolute Gasteiger partial charge is 0.343 e. The SMILES string of the molecule is c1cc(-c2cncc(-c3ncc[nH]3)n2)[nH]n1. The monoisotopic (exact) mass is 212 g/mol. The first kappa shape index (κ1) is 8.78. The van der Waals surface area contributed by atoms with Crippen LogP contribution in [0.15, 0.2) is 37.1 Å². The number of aromatic amines is 2. The van der Waals surface area contributed by atoms with Gasteiger partial charge in [0.25, 0.3) is 0 Å². The molecule has 16 heavy (non-hydrogen) atoms. The summed E-state index contributed by atoms with van der Waals surface area (Å²) in [5, 5.41) is 6.72. The first-order valence-corrected chi connectivity index (χ1v) is 4.75. The van der Waals surface area contributed by atoms with E-state index in [1.165, 1.54) is 0 Å². The number of aromatic nitrogens is 6. The summed E-state index contributed by atoms with van der Waals surface area (Å²) in [5.41, 5.74) is 2.28. The van der Waals surface area contributed by atoms with Gasteiger partial charge in [-0.3, -0.25) is 10.1 Å². The summed E-state index contributed by atoms with van der Waals surface area (Å²) in [6.45, 7) is 0. The third-order valence-corrected chi connectivity index (χ3v) is 2.15. The highest BCUT2D eigenvalue weighted by Crippen LogP contribution is 2.16. The summed E-state index contributed by atoms with van der Waals surface area (Å²) in [4.78, 5) is 15.7. The van der Waals surface area contributed by atoms with E-state index < -0.39 is 0 Å². The molecule has 6 heteroatoms. The number of hydrogen-bond acceptors (Lipinski definition) is 4. The van der Waals surface area contributed by atoms with Gasteiger partial charge in [0, 0.05) is 18.6 Å². The maximum Gasteiger partial charge on any atom is 0.157 e. The third kappa shape index (κ3) is 1.46. The number of nitrogens with zero attached hydrogens (tertiary/aromatic N) is 4. The van der Waals surface area contributed by atoms with Crippen LogP contribution in [0.4, 0.5) is 0 Å². The molecule has 0 aliphatic rings. The molecule has 0 unspecified atom stereocenters. The highest BCUT2D eigenvalue weighted by atomic mass is 15.1. The summed E-state index contributed by atoms with van der Waals surface area (Å²) < 4.78 is 0. The van der Waals surface area contributed by atoms with E-state index in [9.17, 15) is 0 Å². The van der Waals surface area contributed by atoms with Crippen LogP contribution in [0.3, 0.4) is 0 Å². The Hall–Kier alpha value is -2.50. The van der Waals surface area contributed by atoms with Crippen LogP contribution in [-0.2, 0) is 0 Å². The standard InChI is InChI=1S/C10H8N6/c1-2-14-16-7(1)8-5-11-6-9(15-8)10-12-3-4-13-10/h1-6H,(H,12,13)(H,14,16). The molecule has 0 aliphatic carbocycles. The second-order valence-electron chi connectivity index (χ2n) is 3.20. The van der Waals surface area contributed by atoms with Gasteiger partial charge >= 0.3 is 0 Å². The van der Waals surface area contributed by atoms with Crippen LogP contribution in [0, 0.1) is 0 Å². The third-order valence-electron chi connectivity index (χ3n) is 2.15. The Morgan fingerprint density at radius 2 is 2.00 bits per heavy atom. The van der Waals surface area contributed by atoms with E-state index in [-0.39, 0.29) is 0 Å². The van der Waals surface area contributed by atoms with Crippen LogP contribution in [-0.4, -0.2) is 30.1 Å². The van der Waals surface area contributed by atoms with Crippen LogP contribution in [0.25, 0.3) is 22.9 Å². The lowest BCUT2D eigenvalue weighted by atomic mass is 10.3. The van der Waals surface area contributed by atoms with Crippen molar-refractivity contribution >= 4 is 0 Å². The van der Waals surface area contributed by atoms with Crippen LogP contribution in [0.1, 0.15) is 0 Å². The smallest absolute Gasteiger partial charge is 0.157 e. The highest BCUT2D eigenvalue weighted by Gasteiger charge is 2.05. The Balaban J connectivity index is 2.07. The van der Waals surface area contributed by atoms with E-state index in [0.29, 0.717) is 11.5 Å². The zero-order chi connectivity index (χ0) is 10.8. The second kappa shape index (κ2) is 3.58. The Morgan fingerprint density at radius 1 is 1.06 bits per heavy atom. The molecule has 0 aliphatic heterocycles. The molecule has 0 spiro atoms. The summed E-state index contributed by atoms with van der Waals surface area (Å²) in [7, 11) is 0. The van der Waals surface area contributed by atoms with Crippen molar-refractivity contribution in [1.29, 1.82) is 0 Å². The van der Waals surface area contributed by atoms with Gasteiger partial charge in [-0.15, -0.1) is 0 Å². The lowest BCUT2D eigenvalue weighted by molar-refractivity contribution is 1.08. The van der Waals surface area contributed by atoms with Crippen molar-refractivity contribution in [1.82, 2.24) is 30.1 Å². The van der Waals surface area contributed by atoms with Gasteiger partial charge in [0.05, 0.1) is 18.1 Å². The molecule has 0 amide bonds. The fourth-order valence-corrected chi connectivity index (χ4v) is 1.41. The minimum absolute atomic E-state index is 0.703. The Bertz CT molecular complexity index is 520. The summed E-state index contributed by atoms with van der Waals surface area (Å²) in [6, 6.07) is 1.84. The van der Waals surface area contributed by atoms with Crippen molar-refractivity contribution in [3.63, 3.8) is 0 Å². The van der Waals surface area contributed by atoms with Crippen LogP contribution < -0.4 is 0 Å². The van der Waals surface area contributed by atoms with Gasteiger partial charge in [0.15, 0.2) is 5.82 Å². The molecule has 2 N–H and O–H groups in total. The molecule has 0 radical (unpaired) electrons. The normalized spacial score (nSPS) is 10.5. The molecule has 3 heterocycles. The second-order valence-corrected chi connectivity index (χ2v) is 3.20. The molecule has 0 saturated heterocycles. The summed E-state index contributed by atoms with van der Waals surface area (Å²) in [6.07, 6.45) is 8.45. The first-order chi connectivity index (χ1) is 7.93. The molecule has 3 aromatic heterocycles. The van der Waals surface area contributed by atoms with Gasteiger partial charge in [-0.1, -0.05) is 0 Å². The van der Waals surface area contributed by atoms with Crippen molar-refractivity contribution < 1.29 is 0 Å². The molecule has 3 rings (SSSR count). The number of hydrogen-bond donors (Lipinski definition) is 2. The Labute approximate surface area is 90.8 Å². The fraction of sp³-hybridized carbons (Fsp3) is 0. The number of rotatable bonds is 2. The first-order valence-electron chi connectivity index (χ1n) is 4.75. The highest BCUT2D eigenvalue weighted by molar-refractivity contribution is 5.57. The quantitative estimate of drug-likeness (QED) is 0.669. The molecule has 0 fully saturated rings. The molecular formula is C10H8N6. The molecular weight excluding hydrogens is 204 g/mol. The van der Waals surface area contributed by atoms with E-state index in [2.05, 4.69) is 30.1 Å². The van der Waals surface area contributed by atoms with Crippen molar-refractivity contribution in [2.75, 3.05) is 0 Å². The summed E-state index contributed by atoms with van der Waals surface area (Å²) in [5.74, 6) is 0.703. The van der Waals surface area contributed by atoms with Gasteiger partial charge in [-0.25, -0.2) is 9.97 Å².